The fourth-order valence-electron chi connectivity index (χ4n) is 2.86. The number of nitrogens with zero attached hydrogens (tertiary/aromatic N) is 4. The van der Waals surface area contributed by atoms with Crippen LogP contribution in [0, 0.1) is 0 Å². The molecule has 0 saturated carbocycles. The highest BCUT2D eigenvalue weighted by Crippen LogP contribution is 2.15. The molecule has 2 saturated heterocycles. The molecule has 0 aromatic heterocycles. The summed E-state index contributed by atoms with van der Waals surface area (Å²) >= 11 is 0. The molecule has 1 atom stereocenters. The summed E-state index contributed by atoms with van der Waals surface area (Å²) in [6.07, 6.45) is 1.10. The number of hydrogen-bond acceptors (Lipinski definition) is 5. The van der Waals surface area contributed by atoms with Gasteiger partial charge in [-0.3, -0.25) is 4.79 Å². The maximum absolute atomic E-state index is 12.7. The molecule has 2 N–H and O–H groups in total. The average Bonchev–Trinajstić information content (AvgIpc) is 2.53. The van der Waals surface area contributed by atoms with Crippen molar-refractivity contribution in [2.45, 2.75) is 25.8 Å². The van der Waals surface area contributed by atoms with Gasteiger partial charge in [-0.15, -0.1) is 0 Å². The molecule has 0 spiro atoms. The maximum Gasteiger partial charge on any atom is 0.282 e. The Kier molecular flexibility index (Phi) is 6.38. The Hall–Kier alpha value is -0.740. The lowest BCUT2D eigenvalue weighted by molar-refractivity contribution is -0.132. The van der Waals surface area contributed by atoms with E-state index in [0.29, 0.717) is 52.1 Å². The fraction of sp³-hybridized carbons (Fsp3) is 0.929. The third kappa shape index (κ3) is 4.87. The van der Waals surface area contributed by atoms with Crippen molar-refractivity contribution in [3.05, 3.63) is 0 Å². The molecule has 1 unspecified atom stereocenters. The van der Waals surface area contributed by atoms with Gasteiger partial charge in [0, 0.05) is 64.8 Å². The van der Waals surface area contributed by atoms with Gasteiger partial charge in [0.2, 0.25) is 5.91 Å². The number of piperazine rings is 2. The van der Waals surface area contributed by atoms with E-state index in [0.717, 1.165) is 13.1 Å². The van der Waals surface area contributed by atoms with E-state index >= 15 is 0 Å². The minimum Gasteiger partial charge on any atom is -0.340 e. The summed E-state index contributed by atoms with van der Waals surface area (Å²) in [6.45, 7) is 6.14. The molecule has 2 heterocycles. The summed E-state index contributed by atoms with van der Waals surface area (Å²) in [7, 11) is -1.40. The number of carbonyl (C=O) groups is 1. The summed E-state index contributed by atoms with van der Waals surface area (Å²) in [5.41, 5.74) is 5.67. The second-order valence-electron chi connectivity index (χ2n) is 6.51. The van der Waals surface area contributed by atoms with Crippen LogP contribution in [0.15, 0.2) is 0 Å². The van der Waals surface area contributed by atoms with E-state index in [1.807, 2.05) is 14.0 Å². The summed E-state index contributed by atoms with van der Waals surface area (Å²) in [4.78, 5) is 16.0. The van der Waals surface area contributed by atoms with Gasteiger partial charge < -0.3 is 15.5 Å². The van der Waals surface area contributed by atoms with Crippen LogP contribution in [0.2, 0.25) is 0 Å². The SMILES string of the molecule is CC(N)CCC(=O)N1CCN(S(=O)(=O)N2CCN(C)CC2)CC1. The van der Waals surface area contributed by atoms with Crippen molar-refractivity contribution in [2.75, 3.05) is 59.4 Å². The number of hydrogen-bond donors (Lipinski definition) is 1. The van der Waals surface area contributed by atoms with E-state index in [9.17, 15) is 13.2 Å². The first kappa shape index (κ1) is 18.6. The molecule has 2 fully saturated rings. The lowest BCUT2D eigenvalue weighted by Gasteiger charge is -2.39. The van der Waals surface area contributed by atoms with Crippen LogP contribution in [-0.4, -0.2) is 98.2 Å². The van der Waals surface area contributed by atoms with Gasteiger partial charge in [-0.1, -0.05) is 0 Å². The van der Waals surface area contributed by atoms with Gasteiger partial charge in [-0.05, 0) is 20.4 Å². The van der Waals surface area contributed by atoms with Gasteiger partial charge in [-0.25, -0.2) is 0 Å². The predicted octanol–water partition coefficient (Wildman–Crippen LogP) is -1.25. The van der Waals surface area contributed by atoms with Gasteiger partial charge in [0.05, 0.1) is 0 Å². The van der Waals surface area contributed by atoms with Crippen molar-refractivity contribution in [1.29, 1.82) is 0 Å². The van der Waals surface area contributed by atoms with Gasteiger partial charge in [0.1, 0.15) is 0 Å². The Morgan fingerprint density at radius 2 is 1.48 bits per heavy atom. The molecule has 9 heteroatoms. The van der Waals surface area contributed by atoms with Crippen LogP contribution >= 0.6 is 0 Å². The van der Waals surface area contributed by atoms with Crippen LogP contribution in [-0.2, 0) is 15.0 Å². The van der Waals surface area contributed by atoms with Crippen molar-refractivity contribution in [1.82, 2.24) is 18.4 Å². The Morgan fingerprint density at radius 3 is 1.96 bits per heavy atom. The fourth-order valence-corrected chi connectivity index (χ4v) is 4.44. The second-order valence-corrected chi connectivity index (χ2v) is 8.43. The van der Waals surface area contributed by atoms with Gasteiger partial charge >= 0.3 is 0 Å². The summed E-state index contributed by atoms with van der Waals surface area (Å²) in [6, 6.07) is 0.0119. The van der Waals surface area contributed by atoms with Crippen LogP contribution in [0.5, 0.6) is 0 Å². The molecular formula is C14H29N5O3S. The zero-order chi connectivity index (χ0) is 17.0. The van der Waals surface area contributed by atoms with Crippen molar-refractivity contribution < 1.29 is 13.2 Å². The molecule has 2 aliphatic rings. The number of likely N-dealkylation sites (N-methyl/N-ethyl adjacent to an activating group) is 1. The van der Waals surface area contributed by atoms with Crippen LogP contribution in [0.4, 0.5) is 0 Å². The normalized spacial score (nSPS) is 23.9. The van der Waals surface area contributed by atoms with E-state index in [1.165, 1.54) is 4.31 Å². The van der Waals surface area contributed by atoms with Crippen molar-refractivity contribution in [3.8, 4) is 0 Å². The van der Waals surface area contributed by atoms with Gasteiger partial charge in [0.25, 0.3) is 10.2 Å². The van der Waals surface area contributed by atoms with Gasteiger partial charge in [-0.2, -0.15) is 17.0 Å². The highest BCUT2D eigenvalue weighted by molar-refractivity contribution is 7.86. The number of amides is 1. The lowest BCUT2D eigenvalue weighted by Crippen LogP contribution is -2.57. The summed E-state index contributed by atoms with van der Waals surface area (Å²) < 4.78 is 28.4. The Balaban J connectivity index is 1.84. The van der Waals surface area contributed by atoms with Crippen molar-refractivity contribution >= 4 is 16.1 Å². The van der Waals surface area contributed by atoms with Crippen molar-refractivity contribution in [2.24, 2.45) is 5.73 Å². The molecule has 1 amide bonds. The first-order valence-corrected chi connectivity index (χ1v) is 9.67. The topological polar surface area (TPSA) is 90.2 Å². The van der Waals surface area contributed by atoms with E-state index in [1.54, 1.807) is 9.21 Å². The molecule has 0 bridgehead atoms. The molecule has 2 aliphatic heterocycles. The predicted molar refractivity (Wildman–Crippen MR) is 89.0 cm³/mol. The minimum atomic E-state index is -3.40. The molecule has 8 nitrogen and oxygen atoms in total. The third-order valence-electron chi connectivity index (χ3n) is 4.52. The molecule has 0 radical (unpaired) electrons. The first-order valence-electron chi connectivity index (χ1n) is 8.28. The summed E-state index contributed by atoms with van der Waals surface area (Å²) in [5, 5.41) is 0. The highest BCUT2D eigenvalue weighted by Gasteiger charge is 2.34. The molecular weight excluding hydrogens is 318 g/mol. The van der Waals surface area contributed by atoms with Crippen LogP contribution in [0.25, 0.3) is 0 Å². The van der Waals surface area contributed by atoms with E-state index < -0.39 is 10.2 Å². The Labute approximate surface area is 139 Å². The first-order chi connectivity index (χ1) is 10.8. The third-order valence-corrected chi connectivity index (χ3v) is 6.56. The van der Waals surface area contributed by atoms with E-state index in [2.05, 4.69) is 4.90 Å². The van der Waals surface area contributed by atoms with Gasteiger partial charge in [0.15, 0.2) is 0 Å². The minimum absolute atomic E-state index is 0.0119. The largest absolute Gasteiger partial charge is 0.340 e. The zero-order valence-corrected chi connectivity index (χ0v) is 15.0. The van der Waals surface area contributed by atoms with Crippen LogP contribution in [0.1, 0.15) is 19.8 Å². The average molecular weight is 347 g/mol. The maximum atomic E-state index is 12.7. The van der Waals surface area contributed by atoms with E-state index in [-0.39, 0.29) is 11.9 Å². The molecule has 2 rings (SSSR count). The molecule has 23 heavy (non-hydrogen) atoms. The van der Waals surface area contributed by atoms with Crippen molar-refractivity contribution in [3.63, 3.8) is 0 Å². The monoisotopic (exact) mass is 347 g/mol. The zero-order valence-electron chi connectivity index (χ0n) is 14.1. The Bertz CT molecular complexity index is 495. The molecule has 0 aliphatic carbocycles. The van der Waals surface area contributed by atoms with Crippen LogP contribution < -0.4 is 5.73 Å². The lowest BCUT2D eigenvalue weighted by atomic mass is 10.2. The smallest absolute Gasteiger partial charge is 0.282 e. The number of carbonyl (C=O) groups excluding carboxylic acids is 1. The Morgan fingerprint density at radius 1 is 1.00 bits per heavy atom. The standard InChI is InChI=1S/C14H29N5O3S/c1-13(15)3-4-14(20)17-7-11-19(12-8-17)23(21,22)18-9-5-16(2)6-10-18/h13H,3-12,15H2,1-2H3. The molecule has 0 aromatic carbocycles. The molecule has 0 aromatic rings. The van der Waals surface area contributed by atoms with Crippen LogP contribution in [0.3, 0.4) is 0 Å². The second kappa shape index (κ2) is 7.89. The highest BCUT2D eigenvalue weighted by atomic mass is 32.2. The number of rotatable bonds is 5. The quantitative estimate of drug-likeness (QED) is 0.671. The molecule has 134 valence electrons. The summed E-state index contributed by atoms with van der Waals surface area (Å²) in [5.74, 6) is 0.0685. The van der Waals surface area contributed by atoms with E-state index in [4.69, 9.17) is 5.73 Å². The number of nitrogens with two attached hydrogens (primary N) is 1.